The molecule has 0 saturated carbocycles. The van der Waals surface area contributed by atoms with Crippen molar-refractivity contribution in [1.29, 1.82) is 0 Å². The van der Waals surface area contributed by atoms with Gasteiger partial charge in [0.25, 0.3) is 5.91 Å². The van der Waals surface area contributed by atoms with Gasteiger partial charge in [0.2, 0.25) is 5.96 Å². The molecule has 1 N–H and O–H groups in total. The molecule has 0 bridgehead atoms. The van der Waals surface area contributed by atoms with E-state index in [1.807, 2.05) is 43.3 Å². The molecule has 4 nitrogen and oxygen atoms in total. The number of guanidine groups is 1. The van der Waals surface area contributed by atoms with Crippen LogP contribution in [0.2, 0.25) is 0 Å². The molecule has 120 valence electrons. The number of benzene rings is 2. The first-order valence-corrected chi connectivity index (χ1v) is 7.32. The Morgan fingerprint density at radius 2 is 1.70 bits per heavy atom. The van der Waals surface area contributed by atoms with Crippen molar-refractivity contribution >= 4 is 35.6 Å². The minimum Gasteiger partial charge on any atom is -0.326 e. The van der Waals surface area contributed by atoms with E-state index in [-0.39, 0.29) is 24.9 Å². The first-order chi connectivity index (χ1) is 10.5. The van der Waals surface area contributed by atoms with E-state index < -0.39 is 0 Å². The van der Waals surface area contributed by atoms with Crippen LogP contribution >= 0.6 is 12.4 Å². The van der Waals surface area contributed by atoms with E-state index in [1.54, 1.807) is 4.90 Å². The van der Waals surface area contributed by atoms with Gasteiger partial charge in [0.1, 0.15) is 6.54 Å². The largest absolute Gasteiger partial charge is 0.326 e. The normalized spacial score (nSPS) is 13.6. The summed E-state index contributed by atoms with van der Waals surface area (Å²) in [6.07, 6.45) is 0. The molecule has 0 aliphatic carbocycles. The van der Waals surface area contributed by atoms with E-state index in [2.05, 4.69) is 30.2 Å². The van der Waals surface area contributed by atoms with Gasteiger partial charge in [-0.1, -0.05) is 18.2 Å². The standard InChI is InChI=1S/C18H19N3O.ClH/c1-12-5-4-6-16(10-12)21-17(22)11-19-18(21)20-15-8-13(2)7-14(3)9-15;/h4-10H,11H2,1-3H3,(H,19,20);1H. The van der Waals surface area contributed by atoms with E-state index in [0.29, 0.717) is 5.96 Å². The predicted octanol–water partition coefficient (Wildman–Crippen LogP) is 3.85. The van der Waals surface area contributed by atoms with E-state index in [1.165, 1.54) is 11.1 Å². The quantitative estimate of drug-likeness (QED) is 0.909. The molecule has 1 amide bonds. The van der Waals surface area contributed by atoms with Gasteiger partial charge in [0.05, 0.1) is 5.69 Å². The molecule has 1 aliphatic rings. The second-order valence-electron chi connectivity index (χ2n) is 5.71. The van der Waals surface area contributed by atoms with Crippen LogP contribution in [0.1, 0.15) is 16.7 Å². The fourth-order valence-electron chi connectivity index (χ4n) is 2.71. The van der Waals surface area contributed by atoms with Crippen molar-refractivity contribution in [1.82, 2.24) is 0 Å². The highest BCUT2D eigenvalue weighted by Gasteiger charge is 2.27. The topological polar surface area (TPSA) is 44.7 Å². The number of hydrogen-bond acceptors (Lipinski definition) is 3. The van der Waals surface area contributed by atoms with E-state index in [9.17, 15) is 4.79 Å². The number of anilines is 2. The van der Waals surface area contributed by atoms with E-state index >= 15 is 0 Å². The van der Waals surface area contributed by atoms with Crippen LogP contribution in [0.15, 0.2) is 47.5 Å². The molecule has 2 aromatic carbocycles. The van der Waals surface area contributed by atoms with Gasteiger partial charge in [0, 0.05) is 5.69 Å². The fourth-order valence-corrected chi connectivity index (χ4v) is 2.71. The number of hydrogen-bond donors (Lipinski definition) is 1. The highest BCUT2D eigenvalue weighted by Crippen LogP contribution is 2.22. The monoisotopic (exact) mass is 329 g/mol. The molecular formula is C18H20ClN3O. The average molecular weight is 330 g/mol. The van der Waals surface area contributed by atoms with Gasteiger partial charge in [0.15, 0.2) is 0 Å². The first kappa shape index (κ1) is 17.0. The minimum atomic E-state index is -0.0162. The summed E-state index contributed by atoms with van der Waals surface area (Å²) in [4.78, 5) is 18.2. The van der Waals surface area contributed by atoms with Gasteiger partial charge in [-0.2, -0.15) is 0 Å². The van der Waals surface area contributed by atoms with Crippen LogP contribution in [-0.2, 0) is 4.79 Å². The van der Waals surface area contributed by atoms with E-state index in [0.717, 1.165) is 16.9 Å². The number of amides is 1. The Balaban J connectivity index is 0.00000192. The number of rotatable bonds is 2. The highest BCUT2D eigenvalue weighted by atomic mass is 35.5. The Hall–Kier alpha value is -2.33. The summed E-state index contributed by atoms with van der Waals surface area (Å²) in [5, 5.41) is 3.28. The zero-order chi connectivity index (χ0) is 15.7. The average Bonchev–Trinajstić information content (AvgIpc) is 2.78. The van der Waals surface area contributed by atoms with Crippen molar-refractivity contribution in [3.63, 3.8) is 0 Å². The summed E-state index contributed by atoms with van der Waals surface area (Å²) in [6, 6.07) is 14.1. The summed E-state index contributed by atoms with van der Waals surface area (Å²) in [5.41, 5.74) is 5.26. The lowest BCUT2D eigenvalue weighted by atomic mass is 10.1. The molecule has 0 aromatic heterocycles. The van der Waals surface area contributed by atoms with Crippen LogP contribution in [0.3, 0.4) is 0 Å². The summed E-state index contributed by atoms with van der Waals surface area (Å²) in [6.45, 7) is 6.30. The Kier molecular flexibility index (Phi) is 5.06. The first-order valence-electron chi connectivity index (χ1n) is 7.32. The molecule has 1 aliphatic heterocycles. The Labute approximate surface area is 142 Å². The Morgan fingerprint density at radius 3 is 2.35 bits per heavy atom. The molecule has 0 fully saturated rings. The number of carbonyl (C=O) groups excluding carboxylic acids is 1. The zero-order valence-corrected chi connectivity index (χ0v) is 14.3. The summed E-state index contributed by atoms with van der Waals surface area (Å²) in [5.74, 6) is 0.568. The van der Waals surface area contributed by atoms with Crippen molar-refractivity contribution < 1.29 is 4.79 Å². The Morgan fingerprint density at radius 1 is 1.00 bits per heavy atom. The van der Waals surface area contributed by atoms with Crippen LogP contribution < -0.4 is 10.2 Å². The Bertz CT molecular complexity index is 750. The van der Waals surface area contributed by atoms with Crippen LogP contribution in [0, 0.1) is 20.8 Å². The summed E-state index contributed by atoms with van der Waals surface area (Å²) < 4.78 is 0. The maximum atomic E-state index is 12.2. The number of nitrogens with one attached hydrogen (secondary N) is 1. The molecule has 1 heterocycles. The lowest BCUT2D eigenvalue weighted by Crippen LogP contribution is -2.36. The SMILES string of the molecule is Cc1cc(C)cc(NC2=NCC(=O)N2c2cccc(C)c2)c1.Cl. The van der Waals surface area contributed by atoms with Crippen molar-refractivity contribution in [3.05, 3.63) is 59.2 Å². The number of halogens is 1. The third-order valence-corrected chi connectivity index (χ3v) is 3.56. The van der Waals surface area contributed by atoms with Gasteiger partial charge >= 0.3 is 0 Å². The van der Waals surface area contributed by atoms with Crippen molar-refractivity contribution in [2.75, 3.05) is 16.8 Å². The molecule has 0 radical (unpaired) electrons. The molecule has 0 unspecified atom stereocenters. The molecular weight excluding hydrogens is 310 g/mol. The number of aliphatic imine (C=N–C) groups is 1. The van der Waals surface area contributed by atoms with Crippen LogP contribution in [0.5, 0.6) is 0 Å². The van der Waals surface area contributed by atoms with Gasteiger partial charge < -0.3 is 5.32 Å². The van der Waals surface area contributed by atoms with Crippen molar-refractivity contribution in [2.45, 2.75) is 20.8 Å². The van der Waals surface area contributed by atoms with Gasteiger partial charge in [-0.05, 0) is 61.7 Å². The zero-order valence-electron chi connectivity index (χ0n) is 13.5. The molecule has 5 heteroatoms. The van der Waals surface area contributed by atoms with Crippen LogP contribution in [0.25, 0.3) is 0 Å². The molecule has 0 saturated heterocycles. The van der Waals surface area contributed by atoms with Crippen molar-refractivity contribution in [3.8, 4) is 0 Å². The van der Waals surface area contributed by atoms with Crippen LogP contribution in [0.4, 0.5) is 11.4 Å². The number of carbonyl (C=O) groups is 1. The van der Waals surface area contributed by atoms with Gasteiger partial charge in [-0.3, -0.25) is 4.79 Å². The lowest BCUT2D eigenvalue weighted by Gasteiger charge is -2.20. The number of nitrogens with zero attached hydrogens (tertiary/aromatic N) is 2. The second kappa shape index (κ2) is 6.84. The van der Waals surface area contributed by atoms with Crippen molar-refractivity contribution in [2.24, 2.45) is 4.99 Å². The van der Waals surface area contributed by atoms with Gasteiger partial charge in [-0.25, -0.2) is 9.89 Å². The maximum absolute atomic E-state index is 12.2. The molecule has 0 spiro atoms. The molecule has 23 heavy (non-hydrogen) atoms. The summed E-state index contributed by atoms with van der Waals surface area (Å²) in [7, 11) is 0. The second-order valence-corrected chi connectivity index (χ2v) is 5.71. The summed E-state index contributed by atoms with van der Waals surface area (Å²) >= 11 is 0. The molecule has 0 atom stereocenters. The lowest BCUT2D eigenvalue weighted by molar-refractivity contribution is -0.115. The smallest absolute Gasteiger partial charge is 0.255 e. The molecule has 3 rings (SSSR count). The molecule has 2 aromatic rings. The third kappa shape index (κ3) is 3.71. The minimum absolute atomic E-state index is 0. The van der Waals surface area contributed by atoms with E-state index in [4.69, 9.17) is 0 Å². The van der Waals surface area contributed by atoms with Gasteiger partial charge in [-0.15, -0.1) is 12.4 Å². The maximum Gasteiger partial charge on any atom is 0.255 e. The predicted molar refractivity (Wildman–Crippen MR) is 97.8 cm³/mol. The number of aryl methyl sites for hydroxylation is 3. The van der Waals surface area contributed by atoms with Crippen LogP contribution in [-0.4, -0.2) is 18.4 Å². The fraction of sp³-hybridized carbons (Fsp3) is 0.222. The third-order valence-electron chi connectivity index (χ3n) is 3.56. The highest BCUT2D eigenvalue weighted by molar-refractivity contribution is 6.24.